The lowest BCUT2D eigenvalue weighted by Gasteiger charge is -2.22. The van der Waals surface area contributed by atoms with Crippen molar-refractivity contribution in [2.24, 2.45) is 0 Å². The standard InChI is InChI=1S/C6H12O6.C5H10O5/c7-1-3(9)5(11)6(12)4(10)2-8;6-1-2-3(7)4(8)5(9)10-2/h1,3-6,8-12H,2H2;2-9H,1H2/t;2-,3-,4+,5?/m.1/s1. The quantitative estimate of drug-likeness (QED) is 0.209. The van der Waals surface area contributed by atoms with Crippen LogP contribution < -0.4 is 0 Å². The topological polar surface area (TPSA) is 208 Å². The summed E-state index contributed by atoms with van der Waals surface area (Å²) in [7, 11) is 0. The number of hydrogen-bond donors (Lipinski definition) is 9. The van der Waals surface area contributed by atoms with Gasteiger partial charge in [0.25, 0.3) is 0 Å². The van der Waals surface area contributed by atoms with Gasteiger partial charge in [-0.15, -0.1) is 0 Å². The third-order valence-electron chi connectivity index (χ3n) is 2.94. The highest BCUT2D eigenvalue weighted by atomic mass is 16.6. The predicted molar refractivity (Wildman–Crippen MR) is 67.2 cm³/mol. The van der Waals surface area contributed by atoms with Gasteiger partial charge < -0.3 is 55.5 Å². The average molecular weight is 330 g/mol. The van der Waals surface area contributed by atoms with Gasteiger partial charge in [0.2, 0.25) is 0 Å². The van der Waals surface area contributed by atoms with E-state index >= 15 is 0 Å². The number of hydrogen-bond acceptors (Lipinski definition) is 11. The first kappa shape index (κ1) is 21.3. The van der Waals surface area contributed by atoms with Crippen molar-refractivity contribution in [3.8, 4) is 0 Å². The van der Waals surface area contributed by atoms with Gasteiger partial charge in [0.1, 0.15) is 42.7 Å². The fourth-order valence-electron chi connectivity index (χ4n) is 1.50. The first-order valence-corrected chi connectivity index (χ1v) is 6.30. The summed E-state index contributed by atoms with van der Waals surface area (Å²) in [6, 6.07) is 0. The Hall–Kier alpha value is -0.730. The molecule has 0 amide bonds. The molecule has 9 N–H and O–H groups in total. The maximum atomic E-state index is 9.90. The van der Waals surface area contributed by atoms with Crippen molar-refractivity contribution in [1.82, 2.24) is 0 Å². The molecule has 5 unspecified atom stereocenters. The maximum Gasteiger partial charge on any atom is 0.184 e. The molecule has 1 aliphatic rings. The number of carbonyl (C=O) groups is 1. The Morgan fingerprint density at radius 3 is 1.77 bits per heavy atom. The summed E-state index contributed by atoms with van der Waals surface area (Å²) in [6.45, 7) is -1.17. The number of ether oxygens (including phenoxy) is 1. The van der Waals surface area contributed by atoms with Crippen LogP contribution in [-0.2, 0) is 9.53 Å². The molecule has 132 valence electrons. The molecule has 22 heavy (non-hydrogen) atoms. The molecular weight excluding hydrogens is 308 g/mol. The van der Waals surface area contributed by atoms with Crippen LogP contribution in [0.15, 0.2) is 0 Å². The zero-order valence-corrected chi connectivity index (χ0v) is 11.5. The number of aldehydes is 1. The van der Waals surface area contributed by atoms with Crippen molar-refractivity contribution in [1.29, 1.82) is 0 Å². The molecule has 1 saturated heterocycles. The molecule has 0 saturated carbocycles. The second-order valence-electron chi connectivity index (χ2n) is 4.59. The van der Waals surface area contributed by atoms with Gasteiger partial charge in [0, 0.05) is 0 Å². The molecule has 1 heterocycles. The molecule has 1 fully saturated rings. The summed E-state index contributed by atoms with van der Waals surface area (Å²) in [4.78, 5) is 9.90. The number of aliphatic hydroxyl groups is 9. The van der Waals surface area contributed by atoms with Crippen molar-refractivity contribution >= 4 is 6.29 Å². The van der Waals surface area contributed by atoms with E-state index in [9.17, 15) is 4.79 Å². The highest BCUT2D eigenvalue weighted by Gasteiger charge is 2.41. The van der Waals surface area contributed by atoms with E-state index in [0.717, 1.165) is 0 Å². The van der Waals surface area contributed by atoms with Crippen LogP contribution >= 0.6 is 0 Å². The lowest BCUT2D eigenvalue weighted by atomic mass is 10.0. The van der Waals surface area contributed by atoms with Crippen molar-refractivity contribution in [2.45, 2.75) is 49.0 Å². The monoisotopic (exact) mass is 330 g/mol. The first-order valence-electron chi connectivity index (χ1n) is 6.30. The van der Waals surface area contributed by atoms with Crippen molar-refractivity contribution in [3.63, 3.8) is 0 Å². The van der Waals surface area contributed by atoms with E-state index in [-0.39, 0.29) is 6.29 Å². The molecular formula is C11H22O11. The van der Waals surface area contributed by atoms with Crippen LogP contribution in [-0.4, -0.2) is 114 Å². The molecule has 0 aromatic carbocycles. The summed E-state index contributed by atoms with van der Waals surface area (Å²) in [5, 5.41) is 78.5. The Bertz CT molecular complexity index is 314. The number of aliphatic hydroxyl groups excluding tert-OH is 9. The fraction of sp³-hybridized carbons (Fsp3) is 0.909. The summed E-state index contributed by atoms with van der Waals surface area (Å²) >= 11 is 0. The Morgan fingerprint density at radius 1 is 0.955 bits per heavy atom. The maximum absolute atomic E-state index is 9.90. The van der Waals surface area contributed by atoms with Crippen molar-refractivity contribution in [2.75, 3.05) is 13.2 Å². The van der Waals surface area contributed by atoms with Crippen LogP contribution in [0, 0.1) is 0 Å². The van der Waals surface area contributed by atoms with Gasteiger partial charge in [-0.1, -0.05) is 0 Å². The fourth-order valence-corrected chi connectivity index (χ4v) is 1.50. The van der Waals surface area contributed by atoms with Crippen LogP contribution in [0.4, 0.5) is 0 Å². The second-order valence-corrected chi connectivity index (χ2v) is 4.59. The molecule has 0 aliphatic carbocycles. The van der Waals surface area contributed by atoms with E-state index in [1.54, 1.807) is 0 Å². The van der Waals surface area contributed by atoms with Gasteiger partial charge in [-0.3, -0.25) is 0 Å². The van der Waals surface area contributed by atoms with Crippen molar-refractivity contribution < 1.29 is 55.5 Å². The Morgan fingerprint density at radius 2 is 1.50 bits per heavy atom. The Labute approximate surface area is 125 Å². The zero-order valence-electron chi connectivity index (χ0n) is 11.5. The minimum absolute atomic E-state index is 0.0258. The summed E-state index contributed by atoms with van der Waals surface area (Å²) < 4.78 is 4.54. The van der Waals surface area contributed by atoms with Crippen LogP contribution in [0.1, 0.15) is 0 Å². The lowest BCUT2D eigenvalue weighted by Crippen LogP contribution is -2.46. The van der Waals surface area contributed by atoms with E-state index < -0.39 is 62.2 Å². The Kier molecular flexibility index (Phi) is 9.79. The van der Waals surface area contributed by atoms with E-state index in [1.807, 2.05) is 0 Å². The Balaban J connectivity index is 0.000000406. The smallest absolute Gasteiger partial charge is 0.184 e. The predicted octanol–water partition coefficient (Wildman–Crippen LogP) is -5.96. The summed E-state index contributed by atoms with van der Waals surface area (Å²) in [6.07, 6.45) is -11.6. The molecule has 0 bridgehead atoms. The molecule has 0 radical (unpaired) electrons. The zero-order chi connectivity index (χ0) is 17.4. The summed E-state index contributed by atoms with van der Waals surface area (Å²) in [5.41, 5.74) is 0. The highest BCUT2D eigenvalue weighted by molar-refractivity contribution is 5.56. The average Bonchev–Trinajstić information content (AvgIpc) is 2.79. The molecule has 8 atom stereocenters. The number of rotatable bonds is 6. The third kappa shape index (κ3) is 5.81. The molecule has 11 nitrogen and oxygen atoms in total. The van der Waals surface area contributed by atoms with Crippen LogP contribution in [0.2, 0.25) is 0 Å². The normalized spacial score (nSPS) is 33.3. The molecule has 0 aromatic rings. The van der Waals surface area contributed by atoms with Gasteiger partial charge in [0.05, 0.1) is 13.2 Å². The molecule has 11 heteroatoms. The number of carbonyl (C=O) groups excluding carboxylic acids is 1. The van der Waals surface area contributed by atoms with Gasteiger partial charge in [0.15, 0.2) is 12.6 Å². The van der Waals surface area contributed by atoms with Gasteiger partial charge in [-0.2, -0.15) is 0 Å². The highest BCUT2D eigenvalue weighted by Crippen LogP contribution is 2.18. The van der Waals surface area contributed by atoms with Crippen LogP contribution in [0.5, 0.6) is 0 Å². The van der Waals surface area contributed by atoms with Gasteiger partial charge >= 0.3 is 0 Å². The first-order chi connectivity index (χ1) is 10.2. The summed E-state index contributed by atoms with van der Waals surface area (Å²) in [5.74, 6) is 0. The van der Waals surface area contributed by atoms with E-state index in [2.05, 4.69) is 4.74 Å². The third-order valence-corrected chi connectivity index (χ3v) is 2.94. The lowest BCUT2D eigenvalue weighted by molar-refractivity contribution is -0.136. The van der Waals surface area contributed by atoms with Gasteiger partial charge in [-0.25, -0.2) is 0 Å². The molecule has 0 aromatic heterocycles. The SMILES string of the molecule is O=CC(O)C(O)C(O)C(O)CO.OC[C@H]1OC(O)[C@@H](O)[C@@H]1O. The molecule has 1 rings (SSSR count). The minimum atomic E-state index is -1.79. The molecule has 0 spiro atoms. The second kappa shape index (κ2) is 10.1. The molecule has 1 aliphatic heterocycles. The van der Waals surface area contributed by atoms with E-state index in [4.69, 9.17) is 46.0 Å². The van der Waals surface area contributed by atoms with Crippen LogP contribution in [0.3, 0.4) is 0 Å². The van der Waals surface area contributed by atoms with Crippen LogP contribution in [0.25, 0.3) is 0 Å². The van der Waals surface area contributed by atoms with Crippen molar-refractivity contribution in [3.05, 3.63) is 0 Å². The van der Waals surface area contributed by atoms with Gasteiger partial charge in [-0.05, 0) is 0 Å². The van der Waals surface area contributed by atoms with E-state index in [1.165, 1.54) is 0 Å². The van der Waals surface area contributed by atoms with E-state index in [0.29, 0.717) is 0 Å². The minimum Gasteiger partial charge on any atom is -0.394 e. The largest absolute Gasteiger partial charge is 0.394 e.